The van der Waals surface area contributed by atoms with Crippen LogP contribution < -0.4 is 5.32 Å². The van der Waals surface area contributed by atoms with E-state index in [1.807, 2.05) is 0 Å². The van der Waals surface area contributed by atoms with Gasteiger partial charge in [0.15, 0.2) is 0 Å². The Hall–Kier alpha value is -1.91. The summed E-state index contributed by atoms with van der Waals surface area (Å²) in [5.74, 6) is 1.48. The Labute approximate surface area is 117 Å². The first kappa shape index (κ1) is 13.1. The average Bonchev–Trinajstić information content (AvgIpc) is 3.03. The minimum absolute atomic E-state index is 0.0559. The SMILES string of the molecule is Cc1cc([N+](=O)[O-])ccc1NC(=O)C1CC2CCC1C2. The molecule has 2 aliphatic carbocycles. The monoisotopic (exact) mass is 274 g/mol. The van der Waals surface area contributed by atoms with Crippen molar-refractivity contribution in [3.05, 3.63) is 33.9 Å². The van der Waals surface area contributed by atoms with Gasteiger partial charge in [0, 0.05) is 23.7 Å². The summed E-state index contributed by atoms with van der Waals surface area (Å²) < 4.78 is 0. The van der Waals surface area contributed by atoms with Crippen LogP contribution in [0.4, 0.5) is 11.4 Å². The Bertz CT molecular complexity index is 570. The third kappa shape index (κ3) is 2.28. The van der Waals surface area contributed by atoms with Gasteiger partial charge in [-0.2, -0.15) is 0 Å². The van der Waals surface area contributed by atoms with Crippen LogP contribution in [-0.4, -0.2) is 10.8 Å². The van der Waals surface area contributed by atoms with Crippen molar-refractivity contribution in [2.45, 2.75) is 32.6 Å². The third-order valence-corrected chi connectivity index (χ3v) is 4.75. The van der Waals surface area contributed by atoms with Crippen LogP contribution in [-0.2, 0) is 4.79 Å². The molecule has 1 aromatic rings. The average molecular weight is 274 g/mol. The molecule has 1 amide bonds. The second-order valence-electron chi connectivity index (χ2n) is 6.03. The van der Waals surface area contributed by atoms with Gasteiger partial charge in [-0.15, -0.1) is 0 Å². The fourth-order valence-corrected chi connectivity index (χ4v) is 3.69. The molecule has 2 aliphatic rings. The zero-order valence-corrected chi connectivity index (χ0v) is 11.5. The molecule has 0 saturated heterocycles. The summed E-state index contributed by atoms with van der Waals surface area (Å²) in [6, 6.07) is 4.55. The number of nitrogens with zero attached hydrogens (tertiary/aromatic N) is 1. The number of non-ortho nitro benzene ring substituents is 1. The Balaban J connectivity index is 1.71. The summed E-state index contributed by atoms with van der Waals surface area (Å²) in [7, 11) is 0. The molecule has 3 atom stereocenters. The molecule has 0 heterocycles. The summed E-state index contributed by atoms with van der Waals surface area (Å²) in [5.41, 5.74) is 1.47. The summed E-state index contributed by atoms with van der Waals surface area (Å²) in [6.07, 6.45) is 4.63. The Morgan fingerprint density at radius 3 is 2.70 bits per heavy atom. The number of nitro groups is 1. The molecule has 20 heavy (non-hydrogen) atoms. The number of anilines is 1. The van der Waals surface area contributed by atoms with Gasteiger partial charge in [-0.05, 0) is 49.7 Å². The Morgan fingerprint density at radius 1 is 1.35 bits per heavy atom. The van der Waals surface area contributed by atoms with Gasteiger partial charge in [0.1, 0.15) is 0 Å². The number of benzene rings is 1. The van der Waals surface area contributed by atoms with E-state index in [-0.39, 0.29) is 17.5 Å². The fraction of sp³-hybridized carbons (Fsp3) is 0.533. The van der Waals surface area contributed by atoms with Crippen molar-refractivity contribution in [2.24, 2.45) is 17.8 Å². The van der Waals surface area contributed by atoms with Gasteiger partial charge in [-0.25, -0.2) is 0 Å². The summed E-state index contributed by atoms with van der Waals surface area (Å²) >= 11 is 0. The lowest BCUT2D eigenvalue weighted by molar-refractivity contribution is -0.384. The van der Waals surface area contributed by atoms with E-state index in [1.165, 1.54) is 31.4 Å². The standard InChI is InChI=1S/C15H18N2O3/c1-9-6-12(17(19)20)4-5-14(9)16-15(18)13-8-10-2-3-11(13)7-10/h4-6,10-11,13H,2-3,7-8H2,1H3,(H,16,18). The number of aryl methyl sites for hydroxylation is 1. The van der Waals surface area contributed by atoms with E-state index < -0.39 is 4.92 Å². The topological polar surface area (TPSA) is 72.2 Å². The molecule has 1 aromatic carbocycles. The number of amides is 1. The highest BCUT2D eigenvalue weighted by Crippen LogP contribution is 2.48. The van der Waals surface area contributed by atoms with E-state index in [0.29, 0.717) is 11.6 Å². The molecule has 2 saturated carbocycles. The van der Waals surface area contributed by atoms with Crippen LogP contribution >= 0.6 is 0 Å². The molecule has 2 fully saturated rings. The second kappa shape index (κ2) is 4.89. The molecule has 1 N–H and O–H groups in total. The zero-order chi connectivity index (χ0) is 14.3. The highest BCUT2D eigenvalue weighted by Gasteiger charge is 2.43. The molecular formula is C15H18N2O3. The minimum atomic E-state index is -0.422. The van der Waals surface area contributed by atoms with Gasteiger partial charge < -0.3 is 5.32 Å². The fourth-order valence-electron chi connectivity index (χ4n) is 3.69. The highest BCUT2D eigenvalue weighted by atomic mass is 16.6. The molecule has 5 heteroatoms. The Morgan fingerprint density at radius 2 is 2.15 bits per heavy atom. The smallest absolute Gasteiger partial charge is 0.269 e. The van der Waals surface area contributed by atoms with Crippen molar-refractivity contribution in [1.82, 2.24) is 0 Å². The maximum Gasteiger partial charge on any atom is 0.269 e. The first-order chi connectivity index (χ1) is 9.54. The number of rotatable bonds is 3. The van der Waals surface area contributed by atoms with Gasteiger partial charge in [0.05, 0.1) is 4.92 Å². The van der Waals surface area contributed by atoms with Crippen LogP contribution in [0.1, 0.15) is 31.2 Å². The van der Waals surface area contributed by atoms with Crippen LogP contribution in [0, 0.1) is 34.8 Å². The van der Waals surface area contributed by atoms with E-state index >= 15 is 0 Å². The summed E-state index contributed by atoms with van der Waals surface area (Å²) in [5, 5.41) is 13.6. The predicted octanol–water partition coefficient (Wildman–Crippen LogP) is 3.28. The van der Waals surface area contributed by atoms with Gasteiger partial charge in [-0.1, -0.05) is 6.42 Å². The zero-order valence-electron chi connectivity index (χ0n) is 11.5. The number of fused-ring (bicyclic) bond motifs is 2. The highest BCUT2D eigenvalue weighted by molar-refractivity contribution is 5.93. The van der Waals surface area contributed by atoms with E-state index in [4.69, 9.17) is 0 Å². The van der Waals surface area contributed by atoms with Gasteiger partial charge in [0.2, 0.25) is 5.91 Å². The third-order valence-electron chi connectivity index (χ3n) is 4.75. The van der Waals surface area contributed by atoms with Crippen molar-refractivity contribution in [2.75, 3.05) is 5.32 Å². The van der Waals surface area contributed by atoms with Crippen LogP contribution in [0.15, 0.2) is 18.2 Å². The molecule has 3 rings (SSSR count). The summed E-state index contributed by atoms with van der Waals surface area (Å²) in [6.45, 7) is 1.78. The van der Waals surface area contributed by atoms with Crippen molar-refractivity contribution in [3.8, 4) is 0 Å². The molecule has 3 unspecified atom stereocenters. The first-order valence-electron chi connectivity index (χ1n) is 7.10. The lowest BCUT2D eigenvalue weighted by Gasteiger charge is -2.21. The number of carbonyl (C=O) groups excluding carboxylic acids is 1. The van der Waals surface area contributed by atoms with Crippen molar-refractivity contribution in [3.63, 3.8) is 0 Å². The van der Waals surface area contributed by atoms with Crippen LogP contribution in [0.25, 0.3) is 0 Å². The van der Waals surface area contributed by atoms with Gasteiger partial charge >= 0.3 is 0 Å². The van der Waals surface area contributed by atoms with Gasteiger partial charge in [-0.3, -0.25) is 14.9 Å². The molecule has 0 spiro atoms. The van der Waals surface area contributed by atoms with Crippen LogP contribution in [0.5, 0.6) is 0 Å². The minimum Gasteiger partial charge on any atom is -0.326 e. The number of hydrogen-bond acceptors (Lipinski definition) is 3. The molecule has 106 valence electrons. The lowest BCUT2D eigenvalue weighted by atomic mass is 9.88. The number of carbonyl (C=O) groups is 1. The van der Waals surface area contributed by atoms with Crippen molar-refractivity contribution in [1.29, 1.82) is 0 Å². The maximum absolute atomic E-state index is 12.3. The molecule has 0 aliphatic heterocycles. The first-order valence-corrected chi connectivity index (χ1v) is 7.10. The van der Waals surface area contributed by atoms with Crippen molar-refractivity contribution >= 4 is 17.3 Å². The molecular weight excluding hydrogens is 256 g/mol. The quantitative estimate of drug-likeness (QED) is 0.679. The lowest BCUT2D eigenvalue weighted by Crippen LogP contribution is -2.27. The van der Waals surface area contributed by atoms with E-state index in [2.05, 4.69) is 5.32 Å². The largest absolute Gasteiger partial charge is 0.326 e. The number of nitrogens with one attached hydrogen (secondary N) is 1. The summed E-state index contributed by atoms with van der Waals surface area (Å²) in [4.78, 5) is 22.6. The maximum atomic E-state index is 12.3. The normalized spacial score (nSPS) is 27.6. The van der Waals surface area contributed by atoms with Crippen molar-refractivity contribution < 1.29 is 9.72 Å². The number of hydrogen-bond donors (Lipinski definition) is 1. The molecule has 0 radical (unpaired) electrons. The van der Waals surface area contributed by atoms with Crippen LogP contribution in [0.3, 0.4) is 0 Å². The number of nitro benzene ring substituents is 1. The van der Waals surface area contributed by atoms with E-state index in [9.17, 15) is 14.9 Å². The van der Waals surface area contributed by atoms with Crippen LogP contribution in [0.2, 0.25) is 0 Å². The van der Waals surface area contributed by atoms with E-state index in [0.717, 1.165) is 17.9 Å². The van der Waals surface area contributed by atoms with Gasteiger partial charge in [0.25, 0.3) is 5.69 Å². The molecule has 2 bridgehead atoms. The predicted molar refractivity (Wildman–Crippen MR) is 75.4 cm³/mol. The van der Waals surface area contributed by atoms with E-state index in [1.54, 1.807) is 13.0 Å². The molecule has 5 nitrogen and oxygen atoms in total. The molecule has 0 aromatic heterocycles. The second-order valence-corrected chi connectivity index (χ2v) is 6.03. The Kier molecular flexibility index (Phi) is 3.20.